The highest BCUT2D eigenvalue weighted by Gasteiger charge is 2.26. The van der Waals surface area contributed by atoms with Crippen LogP contribution in [-0.4, -0.2) is 42.0 Å². The third kappa shape index (κ3) is 5.97. The molecule has 0 aromatic carbocycles. The molecule has 0 radical (unpaired) electrons. The topological polar surface area (TPSA) is 78.8 Å². The summed E-state index contributed by atoms with van der Waals surface area (Å²) >= 11 is 0. The zero-order chi connectivity index (χ0) is 19.2. The normalized spacial score (nSPS) is 16.1. The first-order valence-electron chi connectivity index (χ1n) is 9.82. The van der Waals surface area contributed by atoms with E-state index in [4.69, 9.17) is 8.83 Å². The van der Waals surface area contributed by atoms with Crippen molar-refractivity contribution in [2.75, 3.05) is 26.2 Å². The Hall–Kier alpha value is -1.55. The molecule has 1 aliphatic heterocycles. The zero-order valence-electron chi connectivity index (χ0n) is 17.2. The molecule has 2 N–H and O–H groups in total. The number of nitrogens with zero attached hydrogens (tertiary/aromatic N) is 3. The van der Waals surface area contributed by atoms with E-state index in [1.54, 1.807) is 0 Å². The van der Waals surface area contributed by atoms with Crippen LogP contribution in [0.15, 0.2) is 26.0 Å². The summed E-state index contributed by atoms with van der Waals surface area (Å²) in [6, 6.07) is 4.32. The van der Waals surface area contributed by atoms with E-state index in [0.717, 1.165) is 55.1 Å². The Kier molecular flexibility index (Phi) is 8.81. The van der Waals surface area contributed by atoms with Crippen molar-refractivity contribution in [2.45, 2.75) is 53.1 Å². The highest BCUT2D eigenvalue weighted by molar-refractivity contribution is 14.0. The zero-order valence-corrected chi connectivity index (χ0v) is 19.6. The molecule has 7 nitrogen and oxygen atoms in total. The van der Waals surface area contributed by atoms with Crippen LogP contribution in [0.25, 0.3) is 0 Å². The lowest BCUT2D eigenvalue weighted by Gasteiger charge is -2.26. The van der Waals surface area contributed by atoms with Gasteiger partial charge in [0, 0.05) is 13.1 Å². The third-order valence-electron chi connectivity index (χ3n) is 4.92. The van der Waals surface area contributed by atoms with Gasteiger partial charge in [0.25, 0.3) is 0 Å². The number of hydrogen-bond acceptors (Lipinski definition) is 5. The number of guanidine groups is 1. The number of aliphatic imine (C=N–C) groups is 1. The fourth-order valence-corrected chi connectivity index (χ4v) is 3.38. The van der Waals surface area contributed by atoms with Gasteiger partial charge in [-0.2, -0.15) is 0 Å². The number of likely N-dealkylation sites (tertiary alicyclic amines) is 1. The standard InChI is InChI=1S/C20H31N5O2.HI/c1-5-21-20(23-13-19-24-15(3)16(4)27-19)22-12-17(25-10-6-7-11-25)18-9-8-14(2)26-18;/h8-9,17H,5-7,10-13H2,1-4H3,(H2,21,22,23);1H. The molecule has 2 aromatic heterocycles. The van der Waals surface area contributed by atoms with E-state index in [9.17, 15) is 0 Å². The second-order valence-corrected chi connectivity index (χ2v) is 7.03. The predicted octanol–water partition coefficient (Wildman–Crippen LogP) is 3.70. The summed E-state index contributed by atoms with van der Waals surface area (Å²) < 4.78 is 11.6. The molecule has 0 bridgehead atoms. The van der Waals surface area contributed by atoms with Gasteiger partial charge in [0.2, 0.25) is 5.89 Å². The van der Waals surface area contributed by atoms with E-state index < -0.39 is 0 Å². The average molecular weight is 501 g/mol. The quantitative estimate of drug-likeness (QED) is 0.342. The van der Waals surface area contributed by atoms with Crippen LogP contribution in [0.5, 0.6) is 0 Å². The Morgan fingerprint density at radius 2 is 1.93 bits per heavy atom. The van der Waals surface area contributed by atoms with Gasteiger partial charge in [-0.05, 0) is 65.8 Å². The number of aryl methyl sites for hydroxylation is 3. The lowest BCUT2D eigenvalue weighted by Crippen LogP contribution is -2.42. The lowest BCUT2D eigenvalue weighted by molar-refractivity contribution is 0.213. The van der Waals surface area contributed by atoms with Crippen LogP contribution in [0.4, 0.5) is 0 Å². The molecule has 1 fully saturated rings. The Labute approximate surface area is 184 Å². The summed E-state index contributed by atoms with van der Waals surface area (Å²) in [6.07, 6.45) is 2.49. The van der Waals surface area contributed by atoms with Crippen molar-refractivity contribution in [1.29, 1.82) is 0 Å². The van der Waals surface area contributed by atoms with Crippen LogP contribution >= 0.6 is 24.0 Å². The Bertz CT molecular complexity index is 745. The Morgan fingerprint density at radius 1 is 1.18 bits per heavy atom. The minimum Gasteiger partial charge on any atom is -0.465 e. The molecule has 0 aliphatic carbocycles. The van der Waals surface area contributed by atoms with Gasteiger partial charge in [-0.3, -0.25) is 4.90 Å². The molecule has 1 aliphatic rings. The molecule has 1 saturated heterocycles. The van der Waals surface area contributed by atoms with Crippen molar-refractivity contribution >= 4 is 29.9 Å². The van der Waals surface area contributed by atoms with Crippen LogP contribution in [0, 0.1) is 20.8 Å². The number of oxazole rings is 1. The number of furan rings is 1. The van der Waals surface area contributed by atoms with Gasteiger partial charge in [-0.1, -0.05) is 0 Å². The second-order valence-electron chi connectivity index (χ2n) is 7.03. The maximum absolute atomic E-state index is 5.93. The predicted molar refractivity (Wildman–Crippen MR) is 121 cm³/mol. The SMILES string of the molecule is CCNC(=NCc1nc(C)c(C)o1)NCC(c1ccc(C)o1)N1CCCC1.I. The fourth-order valence-electron chi connectivity index (χ4n) is 3.38. The van der Waals surface area contributed by atoms with Gasteiger partial charge in [-0.25, -0.2) is 9.98 Å². The van der Waals surface area contributed by atoms with E-state index >= 15 is 0 Å². The summed E-state index contributed by atoms with van der Waals surface area (Å²) in [5.74, 6) is 4.21. The Balaban J connectivity index is 0.00000280. The molecule has 3 rings (SSSR count). The lowest BCUT2D eigenvalue weighted by atomic mass is 10.2. The number of halogens is 1. The fraction of sp³-hybridized carbons (Fsp3) is 0.600. The average Bonchev–Trinajstić information content (AvgIpc) is 3.37. The summed E-state index contributed by atoms with van der Waals surface area (Å²) in [7, 11) is 0. The van der Waals surface area contributed by atoms with E-state index in [0.29, 0.717) is 12.4 Å². The third-order valence-corrected chi connectivity index (χ3v) is 4.92. The number of nitrogens with one attached hydrogen (secondary N) is 2. The van der Waals surface area contributed by atoms with Crippen LogP contribution in [0.1, 0.15) is 54.7 Å². The molecular weight excluding hydrogens is 469 g/mol. The van der Waals surface area contributed by atoms with Crippen molar-refractivity contribution < 1.29 is 8.83 Å². The van der Waals surface area contributed by atoms with E-state index in [2.05, 4.69) is 38.5 Å². The first-order valence-corrected chi connectivity index (χ1v) is 9.82. The van der Waals surface area contributed by atoms with Crippen LogP contribution < -0.4 is 10.6 Å². The van der Waals surface area contributed by atoms with Crippen molar-refractivity contribution in [1.82, 2.24) is 20.5 Å². The van der Waals surface area contributed by atoms with Crippen LogP contribution in [0.3, 0.4) is 0 Å². The monoisotopic (exact) mass is 501 g/mol. The summed E-state index contributed by atoms with van der Waals surface area (Å²) in [5, 5.41) is 6.76. The Morgan fingerprint density at radius 3 is 2.50 bits per heavy atom. The van der Waals surface area contributed by atoms with Gasteiger partial charge in [0.15, 0.2) is 5.96 Å². The van der Waals surface area contributed by atoms with Crippen LogP contribution in [0.2, 0.25) is 0 Å². The van der Waals surface area contributed by atoms with Crippen molar-refractivity contribution in [2.24, 2.45) is 4.99 Å². The number of aromatic nitrogens is 1. The summed E-state index contributed by atoms with van der Waals surface area (Å²) in [6.45, 7) is 12.1. The minimum atomic E-state index is 0. The van der Waals surface area contributed by atoms with E-state index in [1.165, 1.54) is 12.8 Å². The molecular formula is C20H32IN5O2. The van der Waals surface area contributed by atoms with Crippen molar-refractivity contribution in [3.8, 4) is 0 Å². The summed E-state index contributed by atoms with van der Waals surface area (Å²) in [4.78, 5) is 11.5. The molecule has 1 atom stereocenters. The van der Waals surface area contributed by atoms with Gasteiger partial charge < -0.3 is 19.5 Å². The highest BCUT2D eigenvalue weighted by Crippen LogP contribution is 2.26. The largest absolute Gasteiger partial charge is 0.465 e. The first kappa shape index (κ1) is 22.7. The second kappa shape index (κ2) is 10.8. The molecule has 3 heterocycles. The molecule has 1 unspecified atom stereocenters. The van der Waals surface area contributed by atoms with Gasteiger partial charge in [0.1, 0.15) is 23.8 Å². The van der Waals surface area contributed by atoms with E-state index in [1.807, 2.05) is 26.8 Å². The molecule has 2 aromatic rings. The summed E-state index contributed by atoms with van der Waals surface area (Å²) in [5.41, 5.74) is 0.917. The highest BCUT2D eigenvalue weighted by atomic mass is 127. The van der Waals surface area contributed by atoms with Crippen molar-refractivity contribution in [3.63, 3.8) is 0 Å². The molecule has 0 amide bonds. The maximum Gasteiger partial charge on any atom is 0.216 e. The van der Waals surface area contributed by atoms with E-state index in [-0.39, 0.29) is 30.0 Å². The molecule has 0 spiro atoms. The maximum atomic E-state index is 5.93. The van der Waals surface area contributed by atoms with Gasteiger partial charge in [-0.15, -0.1) is 24.0 Å². The molecule has 156 valence electrons. The number of hydrogen-bond donors (Lipinski definition) is 2. The van der Waals surface area contributed by atoms with Crippen LogP contribution in [-0.2, 0) is 6.54 Å². The van der Waals surface area contributed by atoms with Gasteiger partial charge in [0.05, 0.1) is 11.7 Å². The first-order chi connectivity index (χ1) is 13.1. The van der Waals surface area contributed by atoms with Gasteiger partial charge >= 0.3 is 0 Å². The van der Waals surface area contributed by atoms with Crippen molar-refractivity contribution in [3.05, 3.63) is 41.0 Å². The smallest absolute Gasteiger partial charge is 0.216 e. The molecule has 28 heavy (non-hydrogen) atoms. The molecule has 8 heteroatoms. The minimum absolute atomic E-state index is 0. The number of rotatable bonds is 7. The molecule has 0 saturated carbocycles.